The van der Waals surface area contributed by atoms with Gasteiger partial charge in [-0.2, -0.15) is 0 Å². The molecule has 28 heavy (non-hydrogen) atoms. The van der Waals surface area contributed by atoms with E-state index in [0.717, 1.165) is 35.9 Å². The first kappa shape index (κ1) is 18.7. The van der Waals surface area contributed by atoms with Gasteiger partial charge in [-0.3, -0.25) is 4.79 Å². The molecule has 7 heteroatoms. The number of rotatable bonds is 8. The van der Waals surface area contributed by atoms with Crippen LogP contribution in [0.4, 0.5) is 0 Å². The Labute approximate surface area is 164 Å². The Kier molecular flexibility index (Phi) is 5.71. The smallest absolute Gasteiger partial charge is 0.223 e. The third-order valence-corrected chi connectivity index (χ3v) is 5.26. The molecular weight excluding hydrogens is 356 g/mol. The van der Waals surface area contributed by atoms with Crippen molar-refractivity contribution < 1.29 is 13.9 Å². The lowest BCUT2D eigenvalue weighted by molar-refractivity contribution is -0.132. The number of fused-ring (bicyclic) bond motifs is 1. The SMILES string of the molecule is CCN(C[C@H]1CCCO1)C(=O)CCc1nnc(Cc2c[nH]c3ccccc23)o1. The Morgan fingerprint density at radius 2 is 2.14 bits per heavy atom. The van der Waals surface area contributed by atoms with Crippen LogP contribution in [0.2, 0.25) is 0 Å². The molecule has 1 aliphatic heterocycles. The maximum atomic E-state index is 12.5. The summed E-state index contributed by atoms with van der Waals surface area (Å²) >= 11 is 0. The second-order valence-corrected chi connectivity index (χ2v) is 7.19. The van der Waals surface area contributed by atoms with Crippen LogP contribution in [0.1, 0.15) is 43.5 Å². The van der Waals surface area contributed by atoms with Gasteiger partial charge in [0.2, 0.25) is 17.7 Å². The molecule has 148 valence electrons. The number of hydrogen-bond donors (Lipinski definition) is 1. The summed E-state index contributed by atoms with van der Waals surface area (Å²) in [6.45, 7) is 4.16. The number of hydrogen-bond acceptors (Lipinski definition) is 5. The second-order valence-electron chi connectivity index (χ2n) is 7.19. The molecule has 3 aromatic rings. The average molecular weight is 382 g/mol. The maximum Gasteiger partial charge on any atom is 0.223 e. The van der Waals surface area contributed by atoms with Gasteiger partial charge in [-0.15, -0.1) is 10.2 Å². The van der Waals surface area contributed by atoms with Crippen molar-refractivity contribution >= 4 is 16.8 Å². The Morgan fingerprint density at radius 1 is 1.29 bits per heavy atom. The summed E-state index contributed by atoms with van der Waals surface area (Å²) in [6, 6.07) is 8.13. The molecule has 0 saturated carbocycles. The highest BCUT2D eigenvalue weighted by molar-refractivity contribution is 5.83. The zero-order valence-corrected chi connectivity index (χ0v) is 16.2. The number of nitrogens with zero attached hydrogens (tertiary/aromatic N) is 3. The molecule has 0 unspecified atom stereocenters. The van der Waals surface area contributed by atoms with Crippen molar-refractivity contribution in [1.82, 2.24) is 20.1 Å². The number of aromatic amines is 1. The molecule has 1 N–H and O–H groups in total. The lowest BCUT2D eigenvalue weighted by Crippen LogP contribution is -2.37. The number of ether oxygens (including phenoxy) is 1. The van der Waals surface area contributed by atoms with E-state index < -0.39 is 0 Å². The quantitative estimate of drug-likeness (QED) is 0.647. The Hall–Kier alpha value is -2.67. The van der Waals surface area contributed by atoms with E-state index in [1.54, 1.807) is 0 Å². The minimum atomic E-state index is 0.106. The summed E-state index contributed by atoms with van der Waals surface area (Å²) in [5, 5.41) is 9.42. The van der Waals surface area contributed by atoms with Crippen molar-refractivity contribution in [3.63, 3.8) is 0 Å². The third-order valence-electron chi connectivity index (χ3n) is 5.26. The van der Waals surface area contributed by atoms with Gasteiger partial charge in [0, 0.05) is 49.6 Å². The van der Waals surface area contributed by atoms with Crippen LogP contribution >= 0.6 is 0 Å². The number of aryl methyl sites for hydroxylation is 1. The highest BCUT2D eigenvalue weighted by atomic mass is 16.5. The van der Waals surface area contributed by atoms with Gasteiger partial charge >= 0.3 is 0 Å². The van der Waals surface area contributed by atoms with Crippen LogP contribution in [0.3, 0.4) is 0 Å². The maximum absolute atomic E-state index is 12.5. The first-order valence-electron chi connectivity index (χ1n) is 9.98. The van der Waals surface area contributed by atoms with E-state index in [9.17, 15) is 4.79 Å². The molecule has 1 saturated heterocycles. The van der Waals surface area contributed by atoms with Gasteiger partial charge in [0.15, 0.2) is 0 Å². The van der Waals surface area contributed by atoms with E-state index in [-0.39, 0.29) is 12.0 Å². The summed E-state index contributed by atoms with van der Waals surface area (Å²) in [5.41, 5.74) is 2.21. The molecule has 1 atom stereocenters. The number of benzene rings is 1. The van der Waals surface area contributed by atoms with Crippen molar-refractivity contribution in [2.45, 2.75) is 45.1 Å². The van der Waals surface area contributed by atoms with Crippen LogP contribution in [-0.2, 0) is 22.4 Å². The molecule has 1 amide bonds. The molecule has 7 nitrogen and oxygen atoms in total. The molecular formula is C21H26N4O3. The minimum absolute atomic E-state index is 0.106. The number of nitrogens with one attached hydrogen (secondary N) is 1. The molecule has 1 aliphatic rings. The molecule has 0 radical (unpaired) electrons. The minimum Gasteiger partial charge on any atom is -0.425 e. The molecule has 1 aromatic carbocycles. The lowest BCUT2D eigenvalue weighted by Gasteiger charge is -2.23. The standard InChI is InChI=1S/C21H26N4O3/c1-2-25(14-16-6-5-11-27-16)21(26)10-9-19-23-24-20(28-19)12-15-13-22-18-8-4-3-7-17(15)18/h3-4,7-8,13,16,22H,2,5-6,9-12,14H2,1H3/t16-/m1/s1. The van der Waals surface area contributed by atoms with Gasteiger partial charge in [0.1, 0.15) is 0 Å². The van der Waals surface area contributed by atoms with Crippen LogP contribution in [0.25, 0.3) is 10.9 Å². The van der Waals surface area contributed by atoms with Crippen LogP contribution in [0.15, 0.2) is 34.9 Å². The average Bonchev–Trinajstić information content (AvgIpc) is 3.47. The van der Waals surface area contributed by atoms with Crippen molar-refractivity contribution in [1.29, 1.82) is 0 Å². The Bertz CT molecular complexity index is 927. The van der Waals surface area contributed by atoms with Gasteiger partial charge in [0.05, 0.1) is 12.5 Å². The fourth-order valence-corrected chi connectivity index (χ4v) is 3.72. The fraction of sp³-hybridized carbons (Fsp3) is 0.476. The number of carbonyl (C=O) groups is 1. The van der Waals surface area contributed by atoms with E-state index in [1.807, 2.05) is 36.2 Å². The predicted molar refractivity (Wildman–Crippen MR) is 105 cm³/mol. The zero-order valence-electron chi connectivity index (χ0n) is 16.2. The van der Waals surface area contributed by atoms with E-state index >= 15 is 0 Å². The molecule has 0 bridgehead atoms. The number of carbonyl (C=O) groups excluding carboxylic acids is 1. The van der Waals surface area contributed by atoms with E-state index in [2.05, 4.69) is 21.2 Å². The summed E-state index contributed by atoms with van der Waals surface area (Å²) < 4.78 is 11.4. The van der Waals surface area contributed by atoms with Gasteiger partial charge in [-0.1, -0.05) is 18.2 Å². The summed E-state index contributed by atoms with van der Waals surface area (Å²) in [7, 11) is 0. The van der Waals surface area contributed by atoms with Crippen LogP contribution < -0.4 is 0 Å². The highest BCUT2D eigenvalue weighted by Gasteiger charge is 2.22. The van der Waals surface area contributed by atoms with Crippen molar-refractivity contribution in [2.75, 3.05) is 19.7 Å². The monoisotopic (exact) mass is 382 g/mol. The normalized spacial score (nSPS) is 16.7. The highest BCUT2D eigenvalue weighted by Crippen LogP contribution is 2.20. The zero-order chi connectivity index (χ0) is 19.3. The lowest BCUT2D eigenvalue weighted by atomic mass is 10.1. The van der Waals surface area contributed by atoms with E-state index in [0.29, 0.717) is 44.1 Å². The molecule has 1 fully saturated rings. The van der Waals surface area contributed by atoms with Crippen LogP contribution in [0.5, 0.6) is 0 Å². The van der Waals surface area contributed by atoms with Gasteiger partial charge in [-0.05, 0) is 31.4 Å². The first-order chi connectivity index (χ1) is 13.7. The largest absolute Gasteiger partial charge is 0.425 e. The predicted octanol–water partition coefficient (Wildman–Crippen LogP) is 3.10. The number of para-hydroxylation sites is 1. The topological polar surface area (TPSA) is 84.2 Å². The number of H-pyrrole nitrogens is 1. The van der Waals surface area contributed by atoms with Crippen molar-refractivity contribution in [3.8, 4) is 0 Å². The molecule has 0 aliphatic carbocycles. The summed E-state index contributed by atoms with van der Waals surface area (Å²) in [4.78, 5) is 17.6. The molecule has 2 aromatic heterocycles. The molecule has 3 heterocycles. The molecule has 0 spiro atoms. The fourth-order valence-electron chi connectivity index (χ4n) is 3.72. The van der Waals surface area contributed by atoms with Gasteiger partial charge in [-0.25, -0.2) is 0 Å². The van der Waals surface area contributed by atoms with Crippen LogP contribution in [-0.4, -0.2) is 51.8 Å². The Morgan fingerprint density at radius 3 is 2.96 bits per heavy atom. The summed E-state index contributed by atoms with van der Waals surface area (Å²) in [6.07, 6.45) is 5.67. The third kappa shape index (κ3) is 4.25. The summed E-state index contributed by atoms with van der Waals surface area (Å²) in [5.74, 6) is 1.18. The van der Waals surface area contributed by atoms with Crippen molar-refractivity contribution in [3.05, 3.63) is 47.8 Å². The van der Waals surface area contributed by atoms with Gasteiger partial charge in [0.25, 0.3) is 0 Å². The Balaban J connectivity index is 1.32. The first-order valence-corrected chi connectivity index (χ1v) is 9.98. The number of aromatic nitrogens is 3. The van der Waals surface area contributed by atoms with Crippen LogP contribution in [0, 0.1) is 0 Å². The number of amides is 1. The second kappa shape index (κ2) is 8.56. The van der Waals surface area contributed by atoms with Gasteiger partial charge < -0.3 is 19.0 Å². The van der Waals surface area contributed by atoms with E-state index in [1.165, 1.54) is 0 Å². The van der Waals surface area contributed by atoms with Crippen molar-refractivity contribution in [2.24, 2.45) is 0 Å². The molecule has 4 rings (SSSR count). The van der Waals surface area contributed by atoms with E-state index in [4.69, 9.17) is 9.15 Å². The number of likely N-dealkylation sites (N-methyl/N-ethyl adjacent to an activating group) is 1.